The van der Waals surface area contributed by atoms with Crippen molar-refractivity contribution in [3.05, 3.63) is 45.1 Å². The number of non-ortho nitro benzene ring substituents is 1. The summed E-state index contributed by atoms with van der Waals surface area (Å²) in [5.74, 6) is -1.73. The van der Waals surface area contributed by atoms with Gasteiger partial charge in [0.2, 0.25) is 11.8 Å². The highest BCUT2D eigenvalue weighted by molar-refractivity contribution is 6.09. The standard InChI is InChI=1S/C19H21N3O5/c1-10-6-11(22(26)27)4-5-13(10)21-18(25)12-7-16(24)20-14-8-19(2,3)9-15(23)17(12)14/h4-6,12H,7-9H2,1-3H3,(H,20,24)(H,21,25). The Labute approximate surface area is 156 Å². The van der Waals surface area contributed by atoms with E-state index in [-0.39, 0.29) is 29.2 Å². The molecule has 1 aromatic rings. The van der Waals surface area contributed by atoms with Gasteiger partial charge in [0.25, 0.3) is 5.69 Å². The Bertz CT molecular complexity index is 901. The molecule has 0 radical (unpaired) electrons. The zero-order chi connectivity index (χ0) is 19.9. The molecule has 0 bridgehead atoms. The van der Waals surface area contributed by atoms with Crippen LogP contribution < -0.4 is 10.6 Å². The Balaban J connectivity index is 1.89. The van der Waals surface area contributed by atoms with Crippen molar-refractivity contribution in [2.75, 3.05) is 5.32 Å². The molecule has 27 heavy (non-hydrogen) atoms. The number of hydrogen-bond donors (Lipinski definition) is 2. The molecule has 142 valence electrons. The predicted molar refractivity (Wildman–Crippen MR) is 97.8 cm³/mol. The van der Waals surface area contributed by atoms with Crippen LogP contribution in [-0.2, 0) is 14.4 Å². The lowest BCUT2D eigenvalue weighted by molar-refractivity contribution is -0.384. The molecule has 0 aromatic heterocycles. The van der Waals surface area contributed by atoms with Crippen LogP contribution in [0.25, 0.3) is 0 Å². The van der Waals surface area contributed by atoms with E-state index in [4.69, 9.17) is 0 Å². The van der Waals surface area contributed by atoms with E-state index in [0.29, 0.717) is 35.4 Å². The van der Waals surface area contributed by atoms with Crippen molar-refractivity contribution < 1.29 is 19.3 Å². The van der Waals surface area contributed by atoms with Gasteiger partial charge in [-0.05, 0) is 30.4 Å². The highest BCUT2D eigenvalue weighted by Crippen LogP contribution is 2.41. The number of rotatable bonds is 3. The van der Waals surface area contributed by atoms with Crippen LogP contribution in [0.3, 0.4) is 0 Å². The molecule has 0 spiro atoms. The van der Waals surface area contributed by atoms with Gasteiger partial charge in [-0.15, -0.1) is 0 Å². The number of nitro benzene ring substituents is 1. The molecule has 1 aliphatic heterocycles. The molecule has 0 fully saturated rings. The first-order valence-electron chi connectivity index (χ1n) is 8.69. The lowest BCUT2D eigenvalue weighted by Crippen LogP contribution is -2.44. The van der Waals surface area contributed by atoms with E-state index >= 15 is 0 Å². The fourth-order valence-corrected chi connectivity index (χ4v) is 3.70. The van der Waals surface area contributed by atoms with Gasteiger partial charge < -0.3 is 10.6 Å². The van der Waals surface area contributed by atoms with E-state index < -0.39 is 16.7 Å². The number of benzene rings is 1. The van der Waals surface area contributed by atoms with Gasteiger partial charge >= 0.3 is 0 Å². The highest BCUT2D eigenvalue weighted by atomic mass is 16.6. The quantitative estimate of drug-likeness (QED) is 0.625. The number of allylic oxidation sites excluding steroid dienone is 1. The molecule has 2 N–H and O–H groups in total. The molecule has 8 heteroatoms. The zero-order valence-electron chi connectivity index (χ0n) is 15.4. The number of nitrogens with zero attached hydrogens (tertiary/aromatic N) is 1. The lowest BCUT2D eigenvalue weighted by atomic mass is 9.71. The Kier molecular flexibility index (Phi) is 4.59. The minimum atomic E-state index is -0.855. The molecule has 0 saturated carbocycles. The Morgan fingerprint density at radius 3 is 2.63 bits per heavy atom. The molecule has 1 aromatic carbocycles. The van der Waals surface area contributed by atoms with Crippen molar-refractivity contribution in [3.63, 3.8) is 0 Å². The van der Waals surface area contributed by atoms with Crippen LogP contribution in [0, 0.1) is 28.4 Å². The lowest BCUT2D eigenvalue weighted by Gasteiger charge is -2.37. The number of amides is 2. The van der Waals surface area contributed by atoms with Crippen molar-refractivity contribution in [2.45, 2.75) is 40.0 Å². The van der Waals surface area contributed by atoms with Crippen LogP contribution in [0.1, 0.15) is 38.7 Å². The van der Waals surface area contributed by atoms with Crippen LogP contribution in [0.4, 0.5) is 11.4 Å². The van der Waals surface area contributed by atoms with Gasteiger partial charge in [-0.1, -0.05) is 13.8 Å². The second-order valence-electron chi connectivity index (χ2n) is 7.88. The van der Waals surface area contributed by atoms with E-state index in [1.54, 1.807) is 6.92 Å². The molecular weight excluding hydrogens is 350 g/mol. The number of Topliss-reactive ketones (excluding diaryl/α,β-unsaturated/α-hetero) is 1. The van der Waals surface area contributed by atoms with Gasteiger partial charge in [0.1, 0.15) is 0 Å². The third-order valence-electron chi connectivity index (χ3n) is 4.94. The summed E-state index contributed by atoms with van der Waals surface area (Å²) >= 11 is 0. The van der Waals surface area contributed by atoms with Crippen LogP contribution in [0.15, 0.2) is 29.5 Å². The summed E-state index contributed by atoms with van der Waals surface area (Å²) in [6, 6.07) is 4.12. The molecule has 0 saturated heterocycles. The third-order valence-corrected chi connectivity index (χ3v) is 4.94. The normalized spacial score (nSPS) is 21.4. The average molecular weight is 371 g/mol. The average Bonchev–Trinajstić information content (AvgIpc) is 2.53. The number of nitro groups is 1. The second-order valence-corrected chi connectivity index (χ2v) is 7.88. The summed E-state index contributed by atoms with van der Waals surface area (Å²) < 4.78 is 0. The number of ketones is 1. The molecule has 3 rings (SSSR count). The first kappa shape index (κ1) is 18.8. The summed E-state index contributed by atoms with van der Waals surface area (Å²) in [6.45, 7) is 5.55. The zero-order valence-corrected chi connectivity index (χ0v) is 15.4. The number of carbonyl (C=O) groups is 3. The number of aryl methyl sites for hydroxylation is 1. The molecule has 1 unspecified atom stereocenters. The maximum Gasteiger partial charge on any atom is 0.269 e. The minimum Gasteiger partial charge on any atom is -0.329 e. The fraction of sp³-hybridized carbons (Fsp3) is 0.421. The summed E-state index contributed by atoms with van der Waals surface area (Å²) in [5.41, 5.74) is 1.53. The van der Waals surface area contributed by atoms with Crippen molar-refractivity contribution in [2.24, 2.45) is 11.3 Å². The minimum absolute atomic E-state index is 0.0720. The first-order chi connectivity index (χ1) is 12.6. The van der Waals surface area contributed by atoms with Crippen molar-refractivity contribution >= 4 is 29.0 Å². The van der Waals surface area contributed by atoms with E-state index in [1.165, 1.54) is 18.2 Å². The van der Waals surface area contributed by atoms with Crippen molar-refractivity contribution in [1.82, 2.24) is 5.32 Å². The second kappa shape index (κ2) is 6.61. The molecule has 1 atom stereocenters. The van der Waals surface area contributed by atoms with Gasteiger partial charge in [-0.3, -0.25) is 24.5 Å². The molecule has 8 nitrogen and oxygen atoms in total. The maximum absolute atomic E-state index is 12.8. The molecule has 2 amide bonds. The fourth-order valence-electron chi connectivity index (χ4n) is 3.70. The SMILES string of the molecule is Cc1cc([N+](=O)[O-])ccc1NC(=O)C1CC(=O)NC2=C1C(=O)CC(C)(C)C2. The Morgan fingerprint density at radius 1 is 1.30 bits per heavy atom. The van der Waals surface area contributed by atoms with Crippen LogP contribution >= 0.6 is 0 Å². The number of hydrogen-bond acceptors (Lipinski definition) is 5. The van der Waals surface area contributed by atoms with Crippen LogP contribution in [-0.4, -0.2) is 22.5 Å². The predicted octanol–water partition coefficient (Wildman–Crippen LogP) is 2.62. The highest BCUT2D eigenvalue weighted by Gasteiger charge is 2.42. The molecule has 2 aliphatic rings. The van der Waals surface area contributed by atoms with Gasteiger partial charge in [-0.25, -0.2) is 0 Å². The monoisotopic (exact) mass is 371 g/mol. The maximum atomic E-state index is 12.8. The Morgan fingerprint density at radius 2 is 2.00 bits per heavy atom. The number of anilines is 1. The van der Waals surface area contributed by atoms with Gasteiger partial charge in [0, 0.05) is 41.9 Å². The number of carbonyl (C=O) groups excluding carboxylic acids is 3. The van der Waals surface area contributed by atoms with Gasteiger partial charge in [0.15, 0.2) is 5.78 Å². The summed E-state index contributed by atoms with van der Waals surface area (Å²) in [4.78, 5) is 47.9. The number of nitrogens with one attached hydrogen (secondary N) is 2. The van der Waals surface area contributed by atoms with Crippen LogP contribution in [0.2, 0.25) is 0 Å². The topological polar surface area (TPSA) is 118 Å². The largest absolute Gasteiger partial charge is 0.329 e. The van der Waals surface area contributed by atoms with E-state index in [1.807, 2.05) is 13.8 Å². The van der Waals surface area contributed by atoms with E-state index in [2.05, 4.69) is 10.6 Å². The Hall–Kier alpha value is -3.03. The molecule has 1 aliphatic carbocycles. The van der Waals surface area contributed by atoms with Gasteiger partial charge in [-0.2, -0.15) is 0 Å². The summed E-state index contributed by atoms with van der Waals surface area (Å²) in [5, 5.41) is 16.3. The van der Waals surface area contributed by atoms with Crippen molar-refractivity contribution in [1.29, 1.82) is 0 Å². The third kappa shape index (κ3) is 3.74. The smallest absolute Gasteiger partial charge is 0.269 e. The van der Waals surface area contributed by atoms with Crippen LogP contribution in [0.5, 0.6) is 0 Å². The van der Waals surface area contributed by atoms with E-state index in [9.17, 15) is 24.5 Å². The summed E-state index contributed by atoms with van der Waals surface area (Å²) in [7, 11) is 0. The van der Waals surface area contributed by atoms with Gasteiger partial charge in [0.05, 0.1) is 10.8 Å². The summed E-state index contributed by atoms with van der Waals surface area (Å²) in [6.07, 6.45) is 0.755. The molecule has 1 heterocycles. The first-order valence-corrected chi connectivity index (χ1v) is 8.69. The van der Waals surface area contributed by atoms with Crippen molar-refractivity contribution in [3.8, 4) is 0 Å². The molecular formula is C19H21N3O5. The van der Waals surface area contributed by atoms with E-state index in [0.717, 1.165) is 0 Å².